The van der Waals surface area contributed by atoms with E-state index in [4.69, 9.17) is 0 Å². The maximum absolute atomic E-state index is 12.6. The highest BCUT2D eigenvalue weighted by molar-refractivity contribution is 5.97. The number of amides is 1. The highest BCUT2D eigenvalue weighted by Crippen LogP contribution is 2.37. The summed E-state index contributed by atoms with van der Waals surface area (Å²) in [5.74, 6) is 0.928. The molecule has 4 rings (SSSR count). The molecule has 0 aliphatic carbocycles. The number of likely N-dealkylation sites (tertiary alicyclic amines) is 1. The fraction of sp³-hybridized carbons (Fsp3) is 0.381. The van der Waals surface area contributed by atoms with E-state index >= 15 is 0 Å². The van der Waals surface area contributed by atoms with Crippen molar-refractivity contribution in [3.8, 4) is 11.1 Å². The molecule has 1 saturated heterocycles. The van der Waals surface area contributed by atoms with Gasteiger partial charge in [-0.25, -0.2) is 0 Å². The van der Waals surface area contributed by atoms with Crippen molar-refractivity contribution in [2.75, 3.05) is 26.7 Å². The second-order valence-corrected chi connectivity index (χ2v) is 7.40. The van der Waals surface area contributed by atoms with Gasteiger partial charge in [-0.3, -0.25) is 4.79 Å². The molecule has 0 spiro atoms. The zero-order valence-electron chi connectivity index (χ0n) is 14.7. The van der Waals surface area contributed by atoms with Gasteiger partial charge in [0.25, 0.3) is 5.91 Å². The SMILES string of the molecule is C[C@@H](O)c1cccc(-c2ccc3c(c2)C(=O)NC[C@H]2CN(C)C[C@H]32)c1. The number of benzene rings is 2. The number of carbonyl (C=O) groups is 1. The topological polar surface area (TPSA) is 52.6 Å². The van der Waals surface area contributed by atoms with Crippen LogP contribution in [0.2, 0.25) is 0 Å². The lowest BCUT2D eigenvalue weighted by Crippen LogP contribution is -2.29. The van der Waals surface area contributed by atoms with Crippen LogP contribution in [0.5, 0.6) is 0 Å². The van der Waals surface area contributed by atoms with Gasteiger partial charge in [0, 0.05) is 31.1 Å². The van der Waals surface area contributed by atoms with Gasteiger partial charge < -0.3 is 15.3 Å². The molecule has 4 heteroatoms. The molecule has 2 aromatic carbocycles. The van der Waals surface area contributed by atoms with Crippen molar-refractivity contribution in [3.63, 3.8) is 0 Å². The van der Waals surface area contributed by atoms with Crippen LogP contribution < -0.4 is 5.32 Å². The third-order valence-electron chi connectivity index (χ3n) is 5.55. The number of carbonyl (C=O) groups excluding carboxylic acids is 1. The molecule has 25 heavy (non-hydrogen) atoms. The Hall–Kier alpha value is -2.17. The highest BCUT2D eigenvalue weighted by Gasteiger charge is 2.36. The van der Waals surface area contributed by atoms with Gasteiger partial charge in [-0.15, -0.1) is 0 Å². The lowest BCUT2D eigenvalue weighted by atomic mass is 9.86. The summed E-state index contributed by atoms with van der Waals surface area (Å²) in [6.45, 7) is 4.54. The molecule has 4 nitrogen and oxygen atoms in total. The molecule has 1 fully saturated rings. The first-order chi connectivity index (χ1) is 12.0. The average molecular weight is 336 g/mol. The second-order valence-electron chi connectivity index (χ2n) is 7.40. The molecule has 130 valence electrons. The molecule has 2 aromatic rings. The molecule has 2 aliphatic rings. The summed E-state index contributed by atoms with van der Waals surface area (Å²) in [4.78, 5) is 15.0. The van der Waals surface area contributed by atoms with Crippen LogP contribution >= 0.6 is 0 Å². The standard InChI is InChI=1S/C21H24N2O2/c1-13(24)14-4-3-5-15(8-14)16-6-7-18-19(9-16)21(25)22-10-17-11-23(2)12-20(17)18/h3-9,13,17,20,24H,10-12H2,1-2H3,(H,22,25)/t13-,17+,20+/m1/s1. The summed E-state index contributed by atoms with van der Waals surface area (Å²) in [6.07, 6.45) is -0.501. The first kappa shape index (κ1) is 16.3. The largest absolute Gasteiger partial charge is 0.389 e. The van der Waals surface area contributed by atoms with Gasteiger partial charge >= 0.3 is 0 Å². The van der Waals surface area contributed by atoms with E-state index < -0.39 is 6.10 Å². The van der Waals surface area contributed by atoms with E-state index in [0.29, 0.717) is 11.8 Å². The lowest BCUT2D eigenvalue weighted by Gasteiger charge is -2.17. The quantitative estimate of drug-likeness (QED) is 0.887. The summed E-state index contributed by atoms with van der Waals surface area (Å²) in [5, 5.41) is 12.9. The zero-order chi connectivity index (χ0) is 17.6. The highest BCUT2D eigenvalue weighted by atomic mass is 16.3. The third-order valence-corrected chi connectivity index (χ3v) is 5.55. The lowest BCUT2D eigenvalue weighted by molar-refractivity contribution is 0.0951. The van der Waals surface area contributed by atoms with E-state index in [2.05, 4.69) is 29.4 Å². The number of aliphatic hydroxyl groups excluding tert-OH is 1. The molecule has 2 heterocycles. The molecule has 3 atom stereocenters. The Balaban J connectivity index is 1.77. The van der Waals surface area contributed by atoms with Crippen LogP contribution in [0, 0.1) is 5.92 Å². The van der Waals surface area contributed by atoms with E-state index in [-0.39, 0.29) is 5.91 Å². The summed E-state index contributed by atoms with van der Waals surface area (Å²) in [6, 6.07) is 14.1. The normalized spacial score (nSPS) is 24.2. The number of fused-ring (bicyclic) bond motifs is 3. The minimum absolute atomic E-state index is 0.0283. The molecule has 0 aromatic heterocycles. The van der Waals surface area contributed by atoms with Crippen molar-refractivity contribution in [1.29, 1.82) is 0 Å². The fourth-order valence-corrected chi connectivity index (χ4v) is 4.20. The minimum Gasteiger partial charge on any atom is -0.389 e. The van der Waals surface area contributed by atoms with Gasteiger partial charge in [0.2, 0.25) is 0 Å². The number of hydrogen-bond acceptors (Lipinski definition) is 3. The smallest absolute Gasteiger partial charge is 0.251 e. The molecule has 1 amide bonds. The molecular weight excluding hydrogens is 312 g/mol. The van der Waals surface area contributed by atoms with Crippen LogP contribution in [0.1, 0.15) is 40.4 Å². The Morgan fingerprint density at radius 1 is 1.16 bits per heavy atom. The number of aliphatic hydroxyl groups is 1. The zero-order valence-corrected chi connectivity index (χ0v) is 14.7. The molecule has 0 saturated carbocycles. The van der Waals surface area contributed by atoms with E-state index in [1.54, 1.807) is 6.92 Å². The summed E-state index contributed by atoms with van der Waals surface area (Å²) < 4.78 is 0. The maximum Gasteiger partial charge on any atom is 0.251 e. The summed E-state index contributed by atoms with van der Waals surface area (Å²) >= 11 is 0. The molecule has 2 aliphatic heterocycles. The first-order valence-electron chi connectivity index (χ1n) is 8.92. The molecule has 0 radical (unpaired) electrons. The number of nitrogens with zero attached hydrogens (tertiary/aromatic N) is 1. The fourth-order valence-electron chi connectivity index (χ4n) is 4.20. The van der Waals surface area contributed by atoms with Crippen molar-refractivity contribution in [2.45, 2.75) is 18.9 Å². The van der Waals surface area contributed by atoms with Crippen LogP contribution in [0.3, 0.4) is 0 Å². The first-order valence-corrected chi connectivity index (χ1v) is 8.92. The molecule has 0 unspecified atom stereocenters. The van der Waals surface area contributed by atoms with Crippen molar-refractivity contribution in [2.24, 2.45) is 5.92 Å². The van der Waals surface area contributed by atoms with Gasteiger partial charge in [0.05, 0.1) is 6.10 Å². The minimum atomic E-state index is -0.501. The Kier molecular flexibility index (Phi) is 4.10. The second kappa shape index (κ2) is 6.28. The van der Waals surface area contributed by atoms with Gasteiger partial charge in [-0.1, -0.05) is 30.3 Å². The maximum atomic E-state index is 12.6. The van der Waals surface area contributed by atoms with E-state index in [1.807, 2.05) is 30.3 Å². The summed E-state index contributed by atoms with van der Waals surface area (Å²) in [5.41, 5.74) is 4.89. The van der Waals surface area contributed by atoms with Crippen molar-refractivity contribution >= 4 is 5.91 Å². The Morgan fingerprint density at radius 3 is 2.76 bits per heavy atom. The van der Waals surface area contributed by atoms with E-state index in [0.717, 1.165) is 41.9 Å². The van der Waals surface area contributed by atoms with Gasteiger partial charge in [0.1, 0.15) is 0 Å². The number of rotatable bonds is 2. The number of likely N-dealkylation sites (N-methyl/N-ethyl adjacent to an activating group) is 1. The van der Waals surface area contributed by atoms with Gasteiger partial charge in [-0.05, 0) is 54.3 Å². The van der Waals surface area contributed by atoms with Crippen LogP contribution in [-0.2, 0) is 0 Å². The Labute approximate surface area is 148 Å². The van der Waals surface area contributed by atoms with Crippen molar-refractivity contribution < 1.29 is 9.90 Å². The van der Waals surface area contributed by atoms with Crippen molar-refractivity contribution in [3.05, 3.63) is 59.2 Å². The van der Waals surface area contributed by atoms with Gasteiger partial charge in [-0.2, -0.15) is 0 Å². The van der Waals surface area contributed by atoms with Crippen LogP contribution in [0.15, 0.2) is 42.5 Å². The van der Waals surface area contributed by atoms with E-state index in [1.165, 1.54) is 5.56 Å². The predicted octanol–water partition coefficient (Wildman–Crippen LogP) is 2.80. The van der Waals surface area contributed by atoms with Crippen molar-refractivity contribution in [1.82, 2.24) is 10.2 Å². The average Bonchev–Trinajstić information content (AvgIpc) is 2.94. The summed E-state index contributed by atoms with van der Waals surface area (Å²) in [7, 11) is 2.14. The third kappa shape index (κ3) is 2.96. The molecule has 2 N–H and O–H groups in total. The Bertz CT molecular complexity index is 815. The van der Waals surface area contributed by atoms with Crippen LogP contribution in [0.4, 0.5) is 0 Å². The monoisotopic (exact) mass is 336 g/mol. The number of nitrogens with one attached hydrogen (secondary N) is 1. The Morgan fingerprint density at radius 2 is 1.96 bits per heavy atom. The van der Waals surface area contributed by atoms with Crippen LogP contribution in [-0.4, -0.2) is 42.6 Å². The molecular formula is C21H24N2O2. The van der Waals surface area contributed by atoms with Crippen LogP contribution in [0.25, 0.3) is 11.1 Å². The van der Waals surface area contributed by atoms with E-state index in [9.17, 15) is 9.90 Å². The molecule has 0 bridgehead atoms. The van der Waals surface area contributed by atoms with Gasteiger partial charge in [0.15, 0.2) is 0 Å². The number of hydrogen-bond donors (Lipinski definition) is 2. The predicted molar refractivity (Wildman–Crippen MR) is 98.6 cm³/mol.